The molecule has 130 valence electrons. The average Bonchev–Trinajstić information content (AvgIpc) is 3.27. The zero-order valence-corrected chi connectivity index (χ0v) is 14.0. The van der Waals surface area contributed by atoms with E-state index in [1.807, 2.05) is 41.9 Å². The summed E-state index contributed by atoms with van der Waals surface area (Å²) < 4.78 is 9.05. The summed E-state index contributed by atoms with van der Waals surface area (Å²) in [6.45, 7) is 3.73. The predicted octanol–water partition coefficient (Wildman–Crippen LogP) is 1.88. The van der Waals surface area contributed by atoms with Gasteiger partial charge in [-0.1, -0.05) is 6.07 Å². The van der Waals surface area contributed by atoms with E-state index in [0.717, 1.165) is 17.8 Å². The lowest BCUT2D eigenvalue weighted by molar-refractivity contribution is 0.172. The quantitative estimate of drug-likeness (QED) is 0.759. The van der Waals surface area contributed by atoms with Crippen molar-refractivity contribution < 1.29 is 9.53 Å². The number of hydrogen-bond acceptors (Lipinski definition) is 4. The molecule has 25 heavy (non-hydrogen) atoms. The van der Waals surface area contributed by atoms with Gasteiger partial charge in [0.1, 0.15) is 5.65 Å². The van der Waals surface area contributed by atoms with Crippen LogP contribution in [0.1, 0.15) is 19.0 Å². The second kappa shape index (κ2) is 6.21. The minimum absolute atomic E-state index is 0.250. The Morgan fingerprint density at radius 2 is 2.32 bits per heavy atom. The Bertz CT molecular complexity index is 860. The Morgan fingerprint density at radius 3 is 3.12 bits per heavy atom. The van der Waals surface area contributed by atoms with Crippen molar-refractivity contribution in [3.8, 4) is 0 Å². The summed E-state index contributed by atoms with van der Waals surface area (Å²) in [5.74, 6) is 0. The van der Waals surface area contributed by atoms with Gasteiger partial charge in [0, 0.05) is 25.2 Å². The molecule has 4 rings (SSSR count). The molecule has 3 aromatic heterocycles. The molecule has 0 aliphatic carbocycles. The van der Waals surface area contributed by atoms with Crippen molar-refractivity contribution >= 4 is 17.4 Å². The minimum Gasteiger partial charge on any atom is -0.379 e. The van der Waals surface area contributed by atoms with Crippen molar-refractivity contribution in [3.63, 3.8) is 0 Å². The first-order chi connectivity index (χ1) is 12.1. The monoisotopic (exact) mass is 340 g/mol. The van der Waals surface area contributed by atoms with Gasteiger partial charge in [0.2, 0.25) is 0 Å². The topological polar surface area (TPSA) is 85.5 Å². The number of urea groups is 1. The molecule has 1 atom stereocenters. The molecule has 2 N–H and O–H groups in total. The number of carbonyl (C=O) groups is 1. The summed E-state index contributed by atoms with van der Waals surface area (Å²) in [4.78, 5) is 16.7. The molecule has 8 nitrogen and oxygen atoms in total. The van der Waals surface area contributed by atoms with Crippen molar-refractivity contribution in [2.45, 2.75) is 25.4 Å². The smallest absolute Gasteiger partial charge is 0.319 e. The number of carbonyl (C=O) groups excluding carboxylic acids is 1. The van der Waals surface area contributed by atoms with Gasteiger partial charge in [-0.15, -0.1) is 0 Å². The van der Waals surface area contributed by atoms with E-state index in [0.29, 0.717) is 25.4 Å². The molecule has 1 unspecified atom stereocenters. The number of imidazole rings is 1. The number of nitrogens with zero attached hydrogens (tertiary/aromatic N) is 4. The number of fused-ring (bicyclic) bond motifs is 1. The molecule has 1 saturated heterocycles. The van der Waals surface area contributed by atoms with Gasteiger partial charge in [0.25, 0.3) is 0 Å². The summed E-state index contributed by atoms with van der Waals surface area (Å²) in [7, 11) is 0. The van der Waals surface area contributed by atoms with Crippen LogP contribution in [0.25, 0.3) is 5.65 Å². The molecule has 0 aromatic carbocycles. The van der Waals surface area contributed by atoms with Crippen LogP contribution in [0.15, 0.2) is 43.0 Å². The van der Waals surface area contributed by atoms with Gasteiger partial charge in [0.05, 0.1) is 36.3 Å². The van der Waals surface area contributed by atoms with Gasteiger partial charge in [0.15, 0.2) is 0 Å². The Morgan fingerprint density at radius 1 is 1.40 bits per heavy atom. The van der Waals surface area contributed by atoms with Crippen molar-refractivity contribution in [1.29, 1.82) is 0 Å². The summed E-state index contributed by atoms with van der Waals surface area (Å²) >= 11 is 0. The van der Waals surface area contributed by atoms with Gasteiger partial charge < -0.3 is 19.8 Å². The highest BCUT2D eigenvalue weighted by Crippen LogP contribution is 2.17. The van der Waals surface area contributed by atoms with Crippen LogP contribution >= 0.6 is 0 Å². The van der Waals surface area contributed by atoms with Crippen LogP contribution in [-0.4, -0.2) is 43.9 Å². The summed E-state index contributed by atoms with van der Waals surface area (Å²) in [6, 6.07) is 5.62. The number of rotatable bonds is 4. The standard InChI is InChI=1S/C17H20N6O2/c1-17(5-7-25-12-17)21-16(24)20-13-8-18-23(10-13)11-14-9-22-6-3-2-4-15(22)19-14/h2-4,6,8-10H,5,7,11-12H2,1H3,(H2,20,21,24). The maximum atomic E-state index is 12.1. The zero-order valence-electron chi connectivity index (χ0n) is 14.0. The summed E-state index contributed by atoms with van der Waals surface area (Å²) in [5, 5.41) is 10.0. The highest BCUT2D eigenvalue weighted by atomic mass is 16.5. The lowest BCUT2D eigenvalue weighted by Gasteiger charge is -2.23. The van der Waals surface area contributed by atoms with E-state index < -0.39 is 0 Å². The van der Waals surface area contributed by atoms with Gasteiger partial charge in [-0.3, -0.25) is 4.68 Å². The number of aromatic nitrogens is 4. The van der Waals surface area contributed by atoms with E-state index in [4.69, 9.17) is 4.74 Å². The van der Waals surface area contributed by atoms with Crippen LogP contribution in [0.2, 0.25) is 0 Å². The SMILES string of the molecule is CC1(NC(=O)Nc2cnn(Cc3cn4ccccc4n3)c2)CCOC1. The van der Waals surface area contributed by atoms with E-state index in [9.17, 15) is 4.79 Å². The fourth-order valence-corrected chi connectivity index (χ4v) is 2.95. The molecule has 0 radical (unpaired) electrons. The van der Waals surface area contributed by atoms with E-state index in [2.05, 4.69) is 20.7 Å². The normalized spacial score (nSPS) is 20.0. The van der Waals surface area contributed by atoms with Crippen molar-refractivity contribution in [3.05, 3.63) is 48.7 Å². The Labute approximate surface area is 144 Å². The Balaban J connectivity index is 1.39. The van der Waals surface area contributed by atoms with Gasteiger partial charge in [-0.2, -0.15) is 5.10 Å². The zero-order chi connectivity index (χ0) is 17.3. The maximum Gasteiger partial charge on any atom is 0.319 e. The van der Waals surface area contributed by atoms with E-state index in [1.165, 1.54) is 0 Å². The fraction of sp³-hybridized carbons (Fsp3) is 0.353. The molecule has 1 fully saturated rings. The van der Waals surface area contributed by atoms with Gasteiger partial charge in [-0.05, 0) is 25.5 Å². The molecular weight excluding hydrogens is 320 g/mol. The molecule has 0 saturated carbocycles. The van der Waals surface area contributed by atoms with Gasteiger partial charge >= 0.3 is 6.03 Å². The van der Waals surface area contributed by atoms with Crippen LogP contribution in [0.3, 0.4) is 0 Å². The Kier molecular flexibility index (Phi) is 3.89. The average molecular weight is 340 g/mol. The molecule has 1 aliphatic rings. The van der Waals surface area contributed by atoms with Crippen molar-refractivity contribution in [1.82, 2.24) is 24.5 Å². The second-order valence-electron chi connectivity index (χ2n) is 6.57. The minimum atomic E-state index is -0.309. The molecule has 0 bridgehead atoms. The first kappa shape index (κ1) is 15.6. The number of amides is 2. The largest absolute Gasteiger partial charge is 0.379 e. The molecule has 4 heterocycles. The lowest BCUT2D eigenvalue weighted by atomic mass is 10.0. The number of pyridine rings is 1. The van der Waals surface area contributed by atoms with Crippen LogP contribution in [0.4, 0.5) is 10.5 Å². The molecule has 1 aliphatic heterocycles. The van der Waals surface area contributed by atoms with Crippen LogP contribution < -0.4 is 10.6 Å². The lowest BCUT2D eigenvalue weighted by Crippen LogP contribution is -2.48. The number of ether oxygens (including phenoxy) is 1. The van der Waals surface area contributed by atoms with Crippen LogP contribution in [0.5, 0.6) is 0 Å². The van der Waals surface area contributed by atoms with E-state index >= 15 is 0 Å². The van der Waals surface area contributed by atoms with Crippen molar-refractivity contribution in [2.24, 2.45) is 0 Å². The highest BCUT2D eigenvalue weighted by Gasteiger charge is 2.31. The molecule has 3 aromatic rings. The fourth-order valence-electron chi connectivity index (χ4n) is 2.95. The molecule has 2 amide bonds. The van der Waals surface area contributed by atoms with Crippen molar-refractivity contribution in [2.75, 3.05) is 18.5 Å². The highest BCUT2D eigenvalue weighted by molar-refractivity contribution is 5.89. The first-order valence-corrected chi connectivity index (χ1v) is 8.22. The van der Waals surface area contributed by atoms with Crippen LogP contribution in [0, 0.1) is 0 Å². The third kappa shape index (κ3) is 3.48. The van der Waals surface area contributed by atoms with E-state index in [-0.39, 0.29) is 11.6 Å². The second-order valence-corrected chi connectivity index (χ2v) is 6.57. The number of hydrogen-bond donors (Lipinski definition) is 2. The molecular formula is C17H20N6O2. The molecule has 0 spiro atoms. The third-order valence-electron chi connectivity index (χ3n) is 4.26. The number of nitrogens with one attached hydrogen (secondary N) is 2. The van der Waals surface area contributed by atoms with Crippen LogP contribution in [-0.2, 0) is 11.3 Å². The predicted molar refractivity (Wildman–Crippen MR) is 92.5 cm³/mol. The Hall–Kier alpha value is -2.87. The summed E-state index contributed by atoms with van der Waals surface area (Å²) in [5.41, 5.74) is 2.13. The third-order valence-corrected chi connectivity index (χ3v) is 4.26. The molecule has 8 heteroatoms. The van der Waals surface area contributed by atoms with E-state index in [1.54, 1.807) is 17.1 Å². The first-order valence-electron chi connectivity index (χ1n) is 8.22. The number of anilines is 1. The maximum absolute atomic E-state index is 12.1. The summed E-state index contributed by atoms with van der Waals surface area (Å²) in [6.07, 6.45) is 8.16. The van der Waals surface area contributed by atoms with Gasteiger partial charge in [-0.25, -0.2) is 9.78 Å².